The van der Waals surface area contributed by atoms with Gasteiger partial charge in [-0.2, -0.15) is 0 Å². The molecule has 3 aromatic rings. The van der Waals surface area contributed by atoms with E-state index in [0.717, 1.165) is 16.5 Å². The fourth-order valence-corrected chi connectivity index (χ4v) is 3.54. The monoisotopic (exact) mass is 377 g/mol. The summed E-state index contributed by atoms with van der Waals surface area (Å²) in [6.07, 6.45) is 5.02. The smallest absolute Gasteiger partial charge is 0.326 e. The Hall–Kier alpha value is -3.41. The van der Waals surface area contributed by atoms with E-state index in [9.17, 15) is 14.0 Å². The molecular weight excluding hydrogens is 357 g/mol. The number of benzene rings is 2. The van der Waals surface area contributed by atoms with Gasteiger partial charge >= 0.3 is 6.03 Å². The first-order chi connectivity index (χ1) is 13.4. The minimum Gasteiger partial charge on any atom is -0.350 e. The fraction of sp³-hybridized carbons (Fsp3) is 0.182. The van der Waals surface area contributed by atoms with Crippen molar-refractivity contribution >= 4 is 28.4 Å². The molecule has 1 aromatic heterocycles. The van der Waals surface area contributed by atoms with Gasteiger partial charge in [-0.25, -0.2) is 9.18 Å². The molecule has 0 fully saturated rings. The normalized spacial score (nSPS) is 16.6. The molecule has 1 aliphatic heterocycles. The number of rotatable bonds is 2. The molecule has 0 radical (unpaired) electrons. The summed E-state index contributed by atoms with van der Waals surface area (Å²) < 4.78 is 15.3. The first-order valence-electron chi connectivity index (χ1n) is 9.04. The molecule has 5 nitrogen and oxygen atoms in total. The van der Waals surface area contributed by atoms with Crippen LogP contribution in [0.4, 0.5) is 14.9 Å². The average Bonchev–Trinajstić information content (AvgIpc) is 3.02. The molecule has 4 rings (SSSR count). The quantitative estimate of drug-likeness (QED) is 0.705. The van der Waals surface area contributed by atoms with Gasteiger partial charge in [-0.15, -0.1) is 0 Å². The van der Waals surface area contributed by atoms with Crippen molar-refractivity contribution in [3.05, 3.63) is 77.9 Å². The van der Waals surface area contributed by atoms with E-state index in [1.807, 2.05) is 42.9 Å². The highest BCUT2D eigenvalue weighted by molar-refractivity contribution is 5.97. The second-order valence-corrected chi connectivity index (χ2v) is 7.04. The van der Waals surface area contributed by atoms with Gasteiger partial charge in [-0.1, -0.05) is 12.1 Å². The number of aryl methyl sites for hydroxylation is 2. The Balaban J connectivity index is 1.64. The third-order valence-corrected chi connectivity index (χ3v) is 5.11. The lowest BCUT2D eigenvalue weighted by Gasteiger charge is -2.31. The van der Waals surface area contributed by atoms with Crippen molar-refractivity contribution in [1.29, 1.82) is 0 Å². The van der Waals surface area contributed by atoms with Gasteiger partial charge in [0.05, 0.1) is 6.04 Å². The molecule has 1 atom stereocenters. The van der Waals surface area contributed by atoms with Gasteiger partial charge in [-0.05, 0) is 59.8 Å². The third kappa shape index (κ3) is 3.29. The molecule has 0 bridgehead atoms. The number of aromatic nitrogens is 1. The predicted octanol–water partition coefficient (Wildman–Crippen LogP) is 4.69. The molecule has 2 amide bonds. The number of ketones is 1. The minimum absolute atomic E-state index is 0.0696. The van der Waals surface area contributed by atoms with Crippen molar-refractivity contribution in [2.75, 3.05) is 5.32 Å². The average molecular weight is 377 g/mol. The number of amides is 2. The van der Waals surface area contributed by atoms with Crippen LogP contribution in [0, 0.1) is 12.7 Å². The van der Waals surface area contributed by atoms with Crippen molar-refractivity contribution in [3.63, 3.8) is 0 Å². The van der Waals surface area contributed by atoms with E-state index in [0.29, 0.717) is 11.3 Å². The van der Waals surface area contributed by atoms with E-state index in [2.05, 4.69) is 5.32 Å². The molecule has 0 aliphatic carbocycles. The second kappa shape index (κ2) is 6.96. The molecule has 28 heavy (non-hydrogen) atoms. The standard InChI is InChI=1S/C22H20FN3O2/c1-14-11-16-7-9-25(2)20(16)13-19(14)24-22(28)26-10-8-18(27)12-21(26)15-3-5-17(23)6-4-15/h3-11,13,21H,12H2,1-2H3,(H,24,28)/t21-/m0/s1. The van der Waals surface area contributed by atoms with Crippen LogP contribution in [-0.4, -0.2) is 21.3 Å². The third-order valence-electron chi connectivity index (χ3n) is 5.11. The van der Waals surface area contributed by atoms with Crippen molar-refractivity contribution in [2.45, 2.75) is 19.4 Å². The number of fused-ring (bicyclic) bond motifs is 1. The van der Waals surface area contributed by atoms with Crippen LogP contribution in [0.2, 0.25) is 0 Å². The van der Waals surface area contributed by atoms with Gasteiger partial charge in [0.15, 0.2) is 5.78 Å². The molecule has 0 saturated heterocycles. The molecule has 2 aromatic carbocycles. The van der Waals surface area contributed by atoms with Crippen molar-refractivity contribution < 1.29 is 14.0 Å². The van der Waals surface area contributed by atoms with Crippen LogP contribution < -0.4 is 5.32 Å². The summed E-state index contributed by atoms with van der Waals surface area (Å²) in [7, 11) is 1.95. The maximum Gasteiger partial charge on any atom is 0.326 e. The number of urea groups is 1. The van der Waals surface area contributed by atoms with E-state index >= 15 is 0 Å². The molecule has 0 spiro atoms. The molecule has 2 heterocycles. The zero-order valence-electron chi connectivity index (χ0n) is 15.6. The topological polar surface area (TPSA) is 54.3 Å². The summed E-state index contributed by atoms with van der Waals surface area (Å²) in [5, 5.41) is 4.05. The highest BCUT2D eigenvalue weighted by atomic mass is 19.1. The van der Waals surface area contributed by atoms with Gasteiger partial charge in [0.25, 0.3) is 0 Å². The Bertz CT molecular complexity index is 1100. The zero-order valence-corrected chi connectivity index (χ0v) is 15.6. The molecular formula is C22H20FN3O2. The summed E-state index contributed by atoms with van der Waals surface area (Å²) >= 11 is 0. The van der Waals surface area contributed by atoms with Crippen LogP contribution in [0.5, 0.6) is 0 Å². The Labute approximate surface area is 162 Å². The first-order valence-corrected chi connectivity index (χ1v) is 9.04. The minimum atomic E-state index is -0.475. The van der Waals surface area contributed by atoms with E-state index < -0.39 is 6.04 Å². The largest absolute Gasteiger partial charge is 0.350 e. The van der Waals surface area contributed by atoms with Crippen LogP contribution in [0.15, 0.2) is 60.9 Å². The Morgan fingerprint density at radius 2 is 1.93 bits per heavy atom. The van der Waals surface area contributed by atoms with Gasteiger partial charge in [0, 0.05) is 37.1 Å². The van der Waals surface area contributed by atoms with E-state index in [1.165, 1.54) is 29.3 Å². The van der Waals surface area contributed by atoms with Crippen LogP contribution in [-0.2, 0) is 11.8 Å². The lowest BCUT2D eigenvalue weighted by Crippen LogP contribution is -2.37. The number of halogens is 1. The van der Waals surface area contributed by atoms with Crippen LogP contribution in [0.25, 0.3) is 10.9 Å². The predicted molar refractivity (Wildman–Crippen MR) is 106 cm³/mol. The number of hydrogen-bond acceptors (Lipinski definition) is 2. The molecule has 0 saturated carbocycles. The zero-order chi connectivity index (χ0) is 19.8. The number of nitrogens with zero attached hydrogens (tertiary/aromatic N) is 2. The lowest BCUT2D eigenvalue weighted by molar-refractivity contribution is -0.116. The lowest BCUT2D eigenvalue weighted by atomic mass is 9.97. The molecule has 1 aliphatic rings. The maximum atomic E-state index is 13.3. The van der Waals surface area contributed by atoms with E-state index in [1.54, 1.807) is 12.1 Å². The number of carbonyl (C=O) groups is 2. The van der Waals surface area contributed by atoms with Gasteiger partial charge in [0.2, 0.25) is 0 Å². The summed E-state index contributed by atoms with van der Waals surface area (Å²) in [5.41, 5.74) is 3.38. The number of nitrogens with one attached hydrogen (secondary N) is 1. The number of anilines is 1. The van der Waals surface area contributed by atoms with Crippen molar-refractivity contribution in [2.24, 2.45) is 7.05 Å². The Morgan fingerprint density at radius 3 is 2.68 bits per heavy atom. The van der Waals surface area contributed by atoms with Gasteiger partial charge < -0.3 is 9.88 Å². The molecule has 1 N–H and O–H groups in total. The maximum absolute atomic E-state index is 13.3. The van der Waals surface area contributed by atoms with Crippen molar-refractivity contribution in [3.8, 4) is 0 Å². The van der Waals surface area contributed by atoms with E-state index in [-0.39, 0.29) is 24.1 Å². The summed E-state index contributed by atoms with van der Waals surface area (Å²) in [4.78, 5) is 26.4. The van der Waals surface area contributed by atoms with Crippen LogP contribution in [0.1, 0.15) is 23.6 Å². The summed E-state index contributed by atoms with van der Waals surface area (Å²) in [6, 6.07) is 11.1. The van der Waals surface area contributed by atoms with Crippen molar-refractivity contribution in [1.82, 2.24) is 9.47 Å². The summed E-state index contributed by atoms with van der Waals surface area (Å²) in [6.45, 7) is 1.94. The van der Waals surface area contributed by atoms with Gasteiger partial charge in [-0.3, -0.25) is 9.69 Å². The molecule has 6 heteroatoms. The molecule has 142 valence electrons. The Kier molecular flexibility index (Phi) is 4.47. The van der Waals surface area contributed by atoms with Gasteiger partial charge in [0.1, 0.15) is 5.82 Å². The number of hydrogen-bond donors (Lipinski definition) is 1. The second-order valence-electron chi connectivity index (χ2n) is 7.04. The van der Waals surface area contributed by atoms with Crippen LogP contribution in [0.3, 0.4) is 0 Å². The van der Waals surface area contributed by atoms with Crippen LogP contribution >= 0.6 is 0 Å². The number of allylic oxidation sites excluding steroid dienone is 1. The SMILES string of the molecule is Cc1cc2ccn(C)c2cc1NC(=O)N1C=CC(=O)C[C@H]1c1ccc(F)cc1. The Morgan fingerprint density at radius 1 is 1.18 bits per heavy atom. The summed E-state index contributed by atoms with van der Waals surface area (Å²) in [5.74, 6) is -0.427. The molecule has 0 unspecified atom stereocenters. The highest BCUT2D eigenvalue weighted by Gasteiger charge is 2.29. The first kappa shape index (κ1) is 18.0. The highest BCUT2D eigenvalue weighted by Crippen LogP contribution is 2.30. The van der Waals surface area contributed by atoms with E-state index in [4.69, 9.17) is 0 Å². The fourth-order valence-electron chi connectivity index (χ4n) is 3.54. The number of carbonyl (C=O) groups excluding carboxylic acids is 2.